The van der Waals surface area contributed by atoms with Gasteiger partial charge in [-0.05, 0) is 29.7 Å². The van der Waals surface area contributed by atoms with Crippen molar-refractivity contribution in [3.05, 3.63) is 77.4 Å². The van der Waals surface area contributed by atoms with E-state index in [0.29, 0.717) is 0 Å². The van der Waals surface area contributed by atoms with Crippen LogP contribution < -0.4 is 11.1 Å². The van der Waals surface area contributed by atoms with E-state index >= 15 is 0 Å². The summed E-state index contributed by atoms with van der Waals surface area (Å²) in [5.41, 5.74) is 5.24. The van der Waals surface area contributed by atoms with E-state index in [-0.39, 0.29) is 12.0 Å². The molecular formula is C20H19F3N2O3. The van der Waals surface area contributed by atoms with Crippen molar-refractivity contribution >= 4 is 17.9 Å². The summed E-state index contributed by atoms with van der Waals surface area (Å²) in [4.78, 5) is 23.7. The third-order valence-corrected chi connectivity index (χ3v) is 3.94. The fourth-order valence-electron chi connectivity index (χ4n) is 2.41. The molecule has 0 aliphatic heterocycles. The van der Waals surface area contributed by atoms with Crippen LogP contribution in [0, 0.1) is 0 Å². The second-order valence-corrected chi connectivity index (χ2v) is 6.03. The van der Waals surface area contributed by atoms with E-state index in [0.717, 1.165) is 29.8 Å². The van der Waals surface area contributed by atoms with Gasteiger partial charge in [0.1, 0.15) is 6.04 Å². The smallest absolute Gasteiger partial charge is 0.378 e. The molecule has 8 heteroatoms. The molecule has 0 radical (unpaired) electrons. The first-order valence-electron chi connectivity index (χ1n) is 8.35. The van der Waals surface area contributed by atoms with Gasteiger partial charge in [0.25, 0.3) is 5.91 Å². The molecule has 4 N–H and O–H groups in total. The first kappa shape index (κ1) is 21.2. The molecule has 2 aromatic carbocycles. The number of halogens is 3. The molecule has 0 saturated carbocycles. The maximum Gasteiger partial charge on any atom is 0.416 e. The summed E-state index contributed by atoms with van der Waals surface area (Å²) >= 11 is 0. The molecule has 2 aromatic rings. The Kier molecular flexibility index (Phi) is 6.94. The van der Waals surface area contributed by atoms with E-state index in [1.807, 2.05) is 30.3 Å². The van der Waals surface area contributed by atoms with Crippen LogP contribution in [0.4, 0.5) is 13.2 Å². The maximum atomic E-state index is 12.6. The van der Waals surface area contributed by atoms with Crippen molar-refractivity contribution in [1.29, 1.82) is 0 Å². The molecule has 2 amide bonds. The molecule has 0 aliphatic carbocycles. The second kappa shape index (κ2) is 9.18. The molecule has 2 rings (SSSR count). The van der Waals surface area contributed by atoms with Gasteiger partial charge < -0.3 is 16.2 Å². The maximum absolute atomic E-state index is 12.6. The predicted molar refractivity (Wildman–Crippen MR) is 97.6 cm³/mol. The molecule has 0 fully saturated rings. The molecule has 0 heterocycles. The largest absolute Gasteiger partial charge is 0.416 e. The van der Waals surface area contributed by atoms with Crippen LogP contribution in [-0.2, 0) is 15.8 Å². The number of primary amides is 1. The van der Waals surface area contributed by atoms with Gasteiger partial charge in [0.2, 0.25) is 5.91 Å². The number of aliphatic hydroxyl groups excluding tert-OH is 1. The number of aliphatic hydroxyl groups is 1. The van der Waals surface area contributed by atoms with Gasteiger partial charge in [0.05, 0.1) is 5.56 Å². The van der Waals surface area contributed by atoms with Crippen LogP contribution in [-0.4, -0.2) is 23.0 Å². The summed E-state index contributed by atoms with van der Waals surface area (Å²) in [6.45, 7) is 0. The van der Waals surface area contributed by atoms with Gasteiger partial charge in [-0.1, -0.05) is 54.6 Å². The van der Waals surface area contributed by atoms with E-state index in [1.54, 1.807) is 12.2 Å². The number of rotatable bonds is 7. The molecule has 2 atom stereocenters. The highest BCUT2D eigenvalue weighted by Gasteiger charge is 2.31. The highest BCUT2D eigenvalue weighted by molar-refractivity contribution is 5.89. The minimum absolute atomic E-state index is 0.0338. The molecule has 0 bridgehead atoms. The summed E-state index contributed by atoms with van der Waals surface area (Å²) in [7, 11) is 0. The summed E-state index contributed by atoms with van der Waals surface area (Å²) in [6, 6.07) is 11.7. The highest BCUT2D eigenvalue weighted by Crippen LogP contribution is 2.30. The average Bonchev–Trinajstić information content (AvgIpc) is 2.66. The number of carbonyl (C=O) groups excluding carboxylic acids is 2. The number of alkyl halides is 3. The van der Waals surface area contributed by atoms with E-state index in [9.17, 15) is 27.9 Å². The van der Waals surface area contributed by atoms with Crippen LogP contribution in [0.1, 0.15) is 29.2 Å². The fourth-order valence-corrected chi connectivity index (χ4v) is 2.41. The lowest BCUT2D eigenvalue weighted by molar-refractivity contribution is -0.137. The number of nitrogens with one attached hydrogen (secondary N) is 1. The fraction of sp³-hybridized carbons (Fsp3) is 0.200. The lowest BCUT2D eigenvalue weighted by Crippen LogP contribution is -2.45. The van der Waals surface area contributed by atoms with E-state index in [2.05, 4.69) is 5.32 Å². The molecule has 0 spiro atoms. The Morgan fingerprint density at radius 3 is 2.21 bits per heavy atom. The Morgan fingerprint density at radius 2 is 1.68 bits per heavy atom. The van der Waals surface area contributed by atoms with Crippen LogP contribution >= 0.6 is 0 Å². The number of carbonyl (C=O) groups is 2. The van der Waals surface area contributed by atoms with Crippen LogP contribution in [0.2, 0.25) is 0 Å². The quantitative estimate of drug-likeness (QED) is 0.677. The first-order chi connectivity index (χ1) is 13.2. The van der Waals surface area contributed by atoms with Crippen molar-refractivity contribution in [2.45, 2.75) is 24.7 Å². The summed E-state index contributed by atoms with van der Waals surface area (Å²) in [5.74, 6) is -1.73. The summed E-state index contributed by atoms with van der Waals surface area (Å²) in [5, 5.41) is 12.4. The Bertz CT molecular complexity index is 834. The second-order valence-electron chi connectivity index (χ2n) is 6.03. The van der Waals surface area contributed by atoms with Gasteiger partial charge in [0.15, 0.2) is 6.10 Å². The highest BCUT2D eigenvalue weighted by atomic mass is 19.4. The van der Waals surface area contributed by atoms with E-state index < -0.39 is 35.7 Å². The Labute approximate surface area is 159 Å². The number of hydrogen-bond acceptors (Lipinski definition) is 3. The minimum atomic E-state index is -4.52. The lowest BCUT2D eigenvalue weighted by atomic mass is 10.1. The normalized spacial score (nSPS) is 13.9. The van der Waals surface area contributed by atoms with Crippen molar-refractivity contribution in [3.63, 3.8) is 0 Å². The first-order valence-corrected chi connectivity index (χ1v) is 8.35. The Hall–Kier alpha value is -3.13. The van der Waals surface area contributed by atoms with Gasteiger partial charge >= 0.3 is 6.18 Å². The zero-order chi connectivity index (χ0) is 20.7. The van der Waals surface area contributed by atoms with E-state index in [1.165, 1.54) is 0 Å². The van der Waals surface area contributed by atoms with Gasteiger partial charge in [-0.15, -0.1) is 0 Å². The molecule has 148 valence electrons. The number of hydrogen-bond donors (Lipinski definition) is 3. The van der Waals surface area contributed by atoms with Crippen molar-refractivity contribution in [3.8, 4) is 0 Å². The third kappa shape index (κ3) is 5.95. The topological polar surface area (TPSA) is 92.4 Å². The van der Waals surface area contributed by atoms with Gasteiger partial charge in [-0.3, -0.25) is 9.59 Å². The summed E-state index contributed by atoms with van der Waals surface area (Å²) in [6.07, 6.45) is -2.77. The SMILES string of the molecule is NC(=O)[C@@H](C/C=C/c1ccccc1)NC(=O)[C@H](O)c1ccc(C(F)(F)F)cc1. The van der Waals surface area contributed by atoms with E-state index in [4.69, 9.17) is 5.73 Å². The van der Waals surface area contributed by atoms with Crippen LogP contribution in [0.5, 0.6) is 0 Å². The number of nitrogens with two attached hydrogens (primary N) is 1. The number of amides is 2. The average molecular weight is 392 g/mol. The van der Waals surface area contributed by atoms with Crippen LogP contribution in [0.3, 0.4) is 0 Å². The van der Waals surface area contributed by atoms with Crippen molar-refractivity contribution in [1.82, 2.24) is 5.32 Å². The monoisotopic (exact) mass is 392 g/mol. The van der Waals surface area contributed by atoms with Crippen LogP contribution in [0.15, 0.2) is 60.7 Å². The third-order valence-electron chi connectivity index (χ3n) is 3.94. The molecule has 28 heavy (non-hydrogen) atoms. The zero-order valence-corrected chi connectivity index (χ0v) is 14.7. The molecule has 0 unspecified atom stereocenters. The molecule has 5 nitrogen and oxygen atoms in total. The number of benzene rings is 2. The lowest BCUT2D eigenvalue weighted by Gasteiger charge is -2.17. The molecule has 0 aliphatic rings. The molecular weight excluding hydrogens is 373 g/mol. The van der Waals surface area contributed by atoms with Crippen molar-refractivity contribution < 1.29 is 27.9 Å². The Balaban J connectivity index is 2.01. The van der Waals surface area contributed by atoms with Gasteiger partial charge in [-0.2, -0.15) is 13.2 Å². The zero-order valence-electron chi connectivity index (χ0n) is 14.7. The minimum Gasteiger partial charge on any atom is -0.378 e. The summed E-state index contributed by atoms with van der Waals surface area (Å²) < 4.78 is 37.7. The van der Waals surface area contributed by atoms with Gasteiger partial charge in [-0.25, -0.2) is 0 Å². The van der Waals surface area contributed by atoms with Crippen LogP contribution in [0.25, 0.3) is 6.08 Å². The standard InChI is InChI=1S/C20H19F3N2O3/c21-20(22,23)15-11-9-14(10-12-15)17(26)19(28)25-16(18(24)27)8-4-7-13-5-2-1-3-6-13/h1-7,9-12,16-17,26H,8H2,(H2,24,27)(H,25,28)/b7-4+/t16-,17-/m1/s1. The molecule has 0 saturated heterocycles. The predicted octanol–water partition coefficient (Wildman–Crippen LogP) is 2.81. The van der Waals surface area contributed by atoms with Crippen molar-refractivity contribution in [2.24, 2.45) is 5.73 Å². The van der Waals surface area contributed by atoms with Crippen molar-refractivity contribution in [2.75, 3.05) is 0 Å². The Morgan fingerprint density at radius 1 is 1.07 bits per heavy atom. The van der Waals surface area contributed by atoms with Gasteiger partial charge in [0, 0.05) is 0 Å². The molecule has 0 aromatic heterocycles.